The molecule has 0 radical (unpaired) electrons. The second kappa shape index (κ2) is 10.8. The lowest BCUT2D eigenvalue weighted by Gasteiger charge is -2.19. The number of sulfonamides is 1. The fourth-order valence-electron chi connectivity index (χ4n) is 3.96. The number of nitrogens with one attached hydrogen (secondary N) is 1. The quantitative estimate of drug-likeness (QED) is 0.410. The second-order valence-electron chi connectivity index (χ2n) is 8.54. The van der Waals surface area contributed by atoms with E-state index in [1.165, 1.54) is 31.3 Å². The Morgan fingerprint density at radius 2 is 1.79 bits per heavy atom. The van der Waals surface area contributed by atoms with Crippen LogP contribution in [0.15, 0.2) is 82.6 Å². The van der Waals surface area contributed by atoms with E-state index in [0.717, 1.165) is 21.0 Å². The Kier molecular flexibility index (Phi) is 7.31. The molecule has 10 nitrogen and oxygen atoms in total. The number of rotatable bonds is 8. The van der Waals surface area contributed by atoms with Crippen molar-refractivity contribution in [2.24, 2.45) is 0 Å². The van der Waals surface area contributed by atoms with Crippen molar-refractivity contribution >= 4 is 50.6 Å². The maximum absolute atomic E-state index is 13.1. The number of para-hydroxylation sites is 1. The summed E-state index contributed by atoms with van der Waals surface area (Å²) in [5.41, 5.74) is 1.30. The van der Waals surface area contributed by atoms with E-state index in [-0.39, 0.29) is 35.2 Å². The standard InChI is InChI=1S/C27H23N3O7S2/c1-29(20-7-3-2-4-8-20)39(34,35)21-9-5-6-19(16-21)25(31)28-12-13-30-26(32)24(38-27(30)33)15-18-10-11-22-23(14-18)37-17-36-22/h2-11,14-16H,12-13,17H2,1H3,(H,28,31)/b24-15-. The number of amides is 3. The molecule has 0 aromatic heterocycles. The molecule has 0 unspecified atom stereocenters. The summed E-state index contributed by atoms with van der Waals surface area (Å²) in [6, 6.07) is 19.5. The Morgan fingerprint density at radius 3 is 2.59 bits per heavy atom. The summed E-state index contributed by atoms with van der Waals surface area (Å²) in [6.45, 7) is 0.0879. The topological polar surface area (TPSA) is 122 Å². The normalized spacial score (nSPS) is 15.6. The molecule has 0 bridgehead atoms. The molecule has 2 heterocycles. The maximum atomic E-state index is 13.1. The summed E-state index contributed by atoms with van der Waals surface area (Å²) in [4.78, 5) is 39.3. The highest BCUT2D eigenvalue weighted by molar-refractivity contribution is 8.18. The number of hydrogen-bond donors (Lipinski definition) is 1. The van der Waals surface area contributed by atoms with E-state index in [1.807, 2.05) is 0 Å². The van der Waals surface area contributed by atoms with Gasteiger partial charge >= 0.3 is 0 Å². The van der Waals surface area contributed by atoms with Crippen LogP contribution in [-0.4, -0.2) is 57.3 Å². The molecule has 3 amide bonds. The molecule has 5 rings (SSSR count). The molecule has 2 aliphatic heterocycles. The van der Waals surface area contributed by atoms with Crippen molar-refractivity contribution in [1.29, 1.82) is 0 Å². The minimum atomic E-state index is -3.90. The summed E-state index contributed by atoms with van der Waals surface area (Å²) in [5.74, 6) is 0.183. The number of imide groups is 1. The van der Waals surface area contributed by atoms with Gasteiger partial charge in [0.1, 0.15) is 0 Å². The first kappa shape index (κ1) is 26.3. The SMILES string of the molecule is CN(c1ccccc1)S(=O)(=O)c1cccc(C(=O)NCCN2C(=O)S/C(=C\c3ccc4c(c3)OCO4)C2=O)c1. The number of anilines is 1. The first-order valence-electron chi connectivity index (χ1n) is 11.8. The van der Waals surface area contributed by atoms with Crippen LogP contribution in [0.5, 0.6) is 11.5 Å². The van der Waals surface area contributed by atoms with E-state index in [9.17, 15) is 22.8 Å². The highest BCUT2D eigenvalue weighted by Gasteiger charge is 2.35. The van der Waals surface area contributed by atoms with Gasteiger partial charge in [0, 0.05) is 25.7 Å². The van der Waals surface area contributed by atoms with Crippen LogP contribution in [0.3, 0.4) is 0 Å². The van der Waals surface area contributed by atoms with Crippen LogP contribution in [0.4, 0.5) is 10.5 Å². The number of carbonyl (C=O) groups is 3. The van der Waals surface area contributed by atoms with Crippen LogP contribution in [0.1, 0.15) is 15.9 Å². The number of ether oxygens (including phenoxy) is 2. The van der Waals surface area contributed by atoms with Crippen molar-refractivity contribution in [3.8, 4) is 11.5 Å². The molecule has 200 valence electrons. The van der Waals surface area contributed by atoms with Crippen molar-refractivity contribution in [1.82, 2.24) is 10.2 Å². The molecule has 1 saturated heterocycles. The molecule has 1 N–H and O–H groups in total. The zero-order chi connectivity index (χ0) is 27.6. The molecule has 39 heavy (non-hydrogen) atoms. The van der Waals surface area contributed by atoms with Crippen molar-refractivity contribution in [2.75, 3.05) is 31.2 Å². The van der Waals surface area contributed by atoms with Crippen molar-refractivity contribution in [3.63, 3.8) is 0 Å². The molecule has 2 aliphatic rings. The zero-order valence-corrected chi connectivity index (χ0v) is 22.3. The van der Waals surface area contributed by atoms with Gasteiger partial charge in [0.05, 0.1) is 15.5 Å². The summed E-state index contributed by atoms with van der Waals surface area (Å²) in [5, 5.41) is 2.20. The van der Waals surface area contributed by atoms with Gasteiger partial charge < -0.3 is 14.8 Å². The Labute approximate surface area is 229 Å². The highest BCUT2D eigenvalue weighted by atomic mass is 32.2. The summed E-state index contributed by atoms with van der Waals surface area (Å²) < 4.78 is 37.9. The van der Waals surface area contributed by atoms with Crippen LogP contribution < -0.4 is 19.1 Å². The van der Waals surface area contributed by atoms with Crippen LogP contribution in [0.2, 0.25) is 0 Å². The molecule has 0 saturated carbocycles. The Balaban J connectivity index is 1.21. The van der Waals surface area contributed by atoms with Gasteiger partial charge in [-0.25, -0.2) is 8.42 Å². The zero-order valence-electron chi connectivity index (χ0n) is 20.7. The van der Waals surface area contributed by atoms with Crippen LogP contribution in [-0.2, 0) is 14.8 Å². The molecule has 1 fully saturated rings. The molecule has 0 aliphatic carbocycles. The largest absolute Gasteiger partial charge is 0.454 e. The number of thioether (sulfide) groups is 1. The Hall–Kier alpha value is -4.29. The van der Waals surface area contributed by atoms with Gasteiger partial charge in [-0.15, -0.1) is 0 Å². The predicted octanol–water partition coefficient (Wildman–Crippen LogP) is 3.71. The van der Waals surface area contributed by atoms with Crippen LogP contribution in [0.25, 0.3) is 6.08 Å². The van der Waals surface area contributed by atoms with Gasteiger partial charge in [0.15, 0.2) is 11.5 Å². The van der Waals surface area contributed by atoms with Crippen molar-refractivity contribution in [3.05, 3.63) is 88.8 Å². The number of nitrogens with zero attached hydrogens (tertiary/aromatic N) is 2. The lowest BCUT2D eigenvalue weighted by molar-refractivity contribution is -0.122. The molecule has 3 aromatic carbocycles. The van der Waals surface area contributed by atoms with Gasteiger partial charge in [0.2, 0.25) is 6.79 Å². The lowest BCUT2D eigenvalue weighted by Crippen LogP contribution is -2.37. The van der Waals surface area contributed by atoms with E-state index >= 15 is 0 Å². The van der Waals surface area contributed by atoms with Gasteiger partial charge in [0.25, 0.3) is 27.1 Å². The number of carbonyl (C=O) groups excluding carboxylic acids is 3. The van der Waals surface area contributed by atoms with Gasteiger partial charge in [-0.2, -0.15) is 0 Å². The van der Waals surface area contributed by atoms with E-state index in [2.05, 4.69) is 5.32 Å². The third kappa shape index (κ3) is 5.47. The summed E-state index contributed by atoms with van der Waals surface area (Å²) in [6.07, 6.45) is 1.60. The molecule has 12 heteroatoms. The minimum Gasteiger partial charge on any atom is -0.454 e. The smallest absolute Gasteiger partial charge is 0.293 e. The second-order valence-corrected chi connectivity index (χ2v) is 11.5. The van der Waals surface area contributed by atoms with E-state index in [1.54, 1.807) is 54.6 Å². The molecule has 3 aromatic rings. The van der Waals surface area contributed by atoms with Gasteiger partial charge in [-0.1, -0.05) is 30.3 Å². The number of hydrogen-bond acceptors (Lipinski definition) is 8. The fourth-order valence-corrected chi connectivity index (χ4v) is 6.07. The number of benzene rings is 3. The Morgan fingerprint density at radius 1 is 1.03 bits per heavy atom. The lowest BCUT2D eigenvalue weighted by atomic mass is 10.2. The van der Waals surface area contributed by atoms with Crippen molar-refractivity contribution < 1.29 is 32.3 Å². The molecular formula is C27H23N3O7S2. The molecule has 0 spiro atoms. The highest BCUT2D eigenvalue weighted by Crippen LogP contribution is 2.36. The summed E-state index contributed by atoms with van der Waals surface area (Å²) in [7, 11) is -2.46. The third-order valence-electron chi connectivity index (χ3n) is 6.06. The first-order valence-corrected chi connectivity index (χ1v) is 14.1. The van der Waals surface area contributed by atoms with E-state index < -0.39 is 27.1 Å². The summed E-state index contributed by atoms with van der Waals surface area (Å²) >= 11 is 0.813. The van der Waals surface area contributed by atoms with Gasteiger partial charge in [-0.05, 0) is 65.9 Å². The minimum absolute atomic E-state index is 0.00489. The average molecular weight is 566 g/mol. The van der Waals surface area contributed by atoms with E-state index in [0.29, 0.717) is 22.7 Å². The fraction of sp³-hybridized carbons (Fsp3) is 0.148. The average Bonchev–Trinajstić information content (AvgIpc) is 3.52. The number of fused-ring (bicyclic) bond motifs is 1. The Bertz CT molecular complexity index is 1590. The van der Waals surface area contributed by atoms with Gasteiger partial charge in [-0.3, -0.25) is 23.6 Å². The molecular weight excluding hydrogens is 542 g/mol. The third-order valence-corrected chi connectivity index (χ3v) is 8.75. The van der Waals surface area contributed by atoms with Crippen molar-refractivity contribution in [2.45, 2.75) is 4.90 Å². The van der Waals surface area contributed by atoms with Crippen LogP contribution in [0, 0.1) is 0 Å². The van der Waals surface area contributed by atoms with E-state index in [4.69, 9.17) is 9.47 Å². The first-order chi connectivity index (χ1) is 18.7. The monoisotopic (exact) mass is 565 g/mol. The predicted molar refractivity (Wildman–Crippen MR) is 146 cm³/mol. The van der Waals surface area contributed by atoms with Crippen LogP contribution >= 0.6 is 11.8 Å². The maximum Gasteiger partial charge on any atom is 0.293 e. The molecule has 0 atom stereocenters.